The number of furan rings is 1. The number of rotatable bonds is 3. The summed E-state index contributed by atoms with van der Waals surface area (Å²) in [6.07, 6.45) is 0. The summed E-state index contributed by atoms with van der Waals surface area (Å²) in [6.45, 7) is 3.26. The summed E-state index contributed by atoms with van der Waals surface area (Å²) in [6, 6.07) is 2.97. The van der Waals surface area contributed by atoms with E-state index < -0.39 is 11.4 Å². The van der Waals surface area contributed by atoms with Crippen LogP contribution in [0.1, 0.15) is 24.4 Å². The van der Waals surface area contributed by atoms with Crippen LogP contribution in [-0.4, -0.2) is 23.2 Å². The Labute approximate surface area is 86.9 Å². The Morgan fingerprint density at radius 2 is 2.29 bits per heavy atom. The molecule has 0 atom stereocenters. The van der Waals surface area contributed by atoms with E-state index in [9.17, 15) is 4.79 Å². The van der Waals surface area contributed by atoms with Crippen LogP contribution >= 0.6 is 11.6 Å². The molecule has 0 spiro atoms. The molecule has 0 saturated heterocycles. The van der Waals surface area contributed by atoms with E-state index in [1.165, 1.54) is 12.1 Å². The summed E-state index contributed by atoms with van der Waals surface area (Å²) in [5.41, 5.74) is -0.670. The monoisotopic (exact) mass is 217 g/mol. The smallest absolute Gasteiger partial charge is 0.287 e. The maximum atomic E-state index is 11.5. The number of halogens is 1. The Hall–Kier alpha value is -1.00. The molecule has 4 nitrogen and oxygen atoms in total. The first-order valence-electron chi connectivity index (χ1n) is 4.13. The molecular weight excluding hydrogens is 206 g/mol. The van der Waals surface area contributed by atoms with Gasteiger partial charge >= 0.3 is 0 Å². The number of hydrogen-bond acceptors (Lipinski definition) is 3. The molecule has 5 heteroatoms. The maximum Gasteiger partial charge on any atom is 0.287 e. The van der Waals surface area contributed by atoms with E-state index in [0.29, 0.717) is 0 Å². The molecule has 0 aliphatic carbocycles. The van der Waals surface area contributed by atoms with Crippen LogP contribution in [0.25, 0.3) is 0 Å². The topological polar surface area (TPSA) is 62.5 Å². The molecule has 0 radical (unpaired) electrons. The van der Waals surface area contributed by atoms with Gasteiger partial charge in [0.05, 0.1) is 12.1 Å². The SMILES string of the molecule is CC(C)(CO)NC(=O)c1ccc(Cl)o1. The molecule has 1 rings (SSSR count). The van der Waals surface area contributed by atoms with E-state index >= 15 is 0 Å². The van der Waals surface area contributed by atoms with Gasteiger partial charge < -0.3 is 14.8 Å². The fraction of sp³-hybridized carbons (Fsp3) is 0.444. The van der Waals surface area contributed by atoms with Gasteiger partial charge in [0, 0.05) is 0 Å². The van der Waals surface area contributed by atoms with Crippen LogP contribution in [-0.2, 0) is 0 Å². The van der Waals surface area contributed by atoms with Gasteiger partial charge in [-0.2, -0.15) is 0 Å². The van der Waals surface area contributed by atoms with Crippen molar-refractivity contribution in [1.82, 2.24) is 5.32 Å². The Balaban J connectivity index is 2.68. The van der Waals surface area contributed by atoms with Gasteiger partial charge in [0.25, 0.3) is 5.91 Å². The van der Waals surface area contributed by atoms with Crippen molar-refractivity contribution >= 4 is 17.5 Å². The van der Waals surface area contributed by atoms with Gasteiger partial charge in [-0.15, -0.1) is 0 Å². The lowest BCUT2D eigenvalue weighted by Crippen LogP contribution is -2.46. The second-order valence-electron chi connectivity index (χ2n) is 3.60. The molecule has 0 saturated carbocycles. The van der Waals surface area contributed by atoms with Crippen molar-refractivity contribution in [2.45, 2.75) is 19.4 Å². The van der Waals surface area contributed by atoms with E-state index in [0.717, 1.165) is 0 Å². The molecule has 0 aliphatic rings. The highest BCUT2D eigenvalue weighted by molar-refractivity contribution is 6.29. The molecule has 1 heterocycles. The van der Waals surface area contributed by atoms with Gasteiger partial charge in [-0.3, -0.25) is 4.79 Å². The average molecular weight is 218 g/mol. The van der Waals surface area contributed by atoms with E-state index in [-0.39, 0.29) is 17.6 Å². The predicted octanol–water partition coefficient (Wildman–Crippen LogP) is 1.43. The zero-order chi connectivity index (χ0) is 10.8. The molecule has 0 aliphatic heterocycles. The summed E-state index contributed by atoms with van der Waals surface area (Å²) in [5, 5.41) is 11.7. The van der Waals surface area contributed by atoms with Crippen LogP contribution in [0, 0.1) is 0 Å². The summed E-state index contributed by atoms with van der Waals surface area (Å²) in [4.78, 5) is 11.5. The minimum absolute atomic E-state index is 0.136. The number of aliphatic hydroxyl groups is 1. The van der Waals surface area contributed by atoms with Crippen LogP contribution in [0.15, 0.2) is 16.5 Å². The lowest BCUT2D eigenvalue weighted by Gasteiger charge is -2.22. The Morgan fingerprint density at radius 1 is 1.64 bits per heavy atom. The second kappa shape index (κ2) is 4.02. The second-order valence-corrected chi connectivity index (χ2v) is 3.97. The van der Waals surface area contributed by atoms with Gasteiger partial charge in [0.1, 0.15) is 0 Å². The molecule has 78 valence electrons. The molecule has 2 N–H and O–H groups in total. The summed E-state index contributed by atoms with van der Waals surface area (Å²) in [7, 11) is 0. The van der Waals surface area contributed by atoms with E-state index in [1.807, 2.05) is 0 Å². The van der Waals surface area contributed by atoms with Crippen molar-refractivity contribution in [1.29, 1.82) is 0 Å². The largest absolute Gasteiger partial charge is 0.440 e. The first-order valence-corrected chi connectivity index (χ1v) is 4.51. The van der Waals surface area contributed by atoms with E-state index in [2.05, 4.69) is 5.32 Å². The van der Waals surface area contributed by atoms with Crippen LogP contribution in [0.3, 0.4) is 0 Å². The third-order valence-corrected chi connectivity index (χ3v) is 1.85. The maximum absolute atomic E-state index is 11.5. The number of carbonyl (C=O) groups is 1. The summed E-state index contributed by atoms with van der Waals surface area (Å²) < 4.78 is 4.91. The van der Waals surface area contributed by atoms with E-state index in [4.69, 9.17) is 21.1 Å². The zero-order valence-electron chi connectivity index (χ0n) is 8.00. The van der Waals surface area contributed by atoms with Gasteiger partial charge in [-0.05, 0) is 37.6 Å². The molecule has 0 bridgehead atoms. The third kappa shape index (κ3) is 2.75. The van der Waals surface area contributed by atoms with Crippen LogP contribution < -0.4 is 5.32 Å². The molecular formula is C9H12ClNO3. The van der Waals surface area contributed by atoms with Crippen molar-refractivity contribution in [3.63, 3.8) is 0 Å². The fourth-order valence-corrected chi connectivity index (χ4v) is 0.991. The number of amides is 1. The van der Waals surface area contributed by atoms with Crippen molar-refractivity contribution in [3.8, 4) is 0 Å². The normalized spacial score (nSPS) is 11.4. The predicted molar refractivity (Wildman–Crippen MR) is 52.3 cm³/mol. The first-order chi connectivity index (χ1) is 6.44. The van der Waals surface area contributed by atoms with Crippen molar-refractivity contribution in [2.24, 2.45) is 0 Å². The number of hydrogen-bond donors (Lipinski definition) is 2. The van der Waals surface area contributed by atoms with Gasteiger partial charge in [-0.25, -0.2) is 0 Å². The Bertz CT molecular complexity index is 333. The Morgan fingerprint density at radius 3 is 2.71 bits per heavy atom. The minimum atomic E-state index is -0.670. The molecule has 0 unspecified atom stereocenters. The van der Waals surface area contributed by atoms with Crippen molar-refractivity contribution in [3.05, 3.63) is 23.1 Å². The molecule has 1 amide bonds. The van der Waals surface area contributed by atoms with E-state index in [1.54, 1.807) is 13.8 Å². The highest BCUT2D eigenvalue weighted by atomic mass is 35.5. The minimum Gasteiger partial charge on any atom is -0.440 e. The highest BCUT2D eigenvalue weighted by Gasteiger charge is 2.21. The molecule has 0 fully saturated rings. The Kier molecular flexibility index (Phi) is 3.18. The first kappa shape index (κ1) is 11.1. The molecule has 14 heavy (non-hydrogen) atoms. The average Bonchev–Trinajstić information content (AvgIpc) is 2.51. The fourth-order valence-electron chi connectivity index (χ4n) is 0.845. The summed E-state index contributed by atoms with van der Waals surface area (Å²) >= 11 is 5.51. The number of aliphatic hydroxyl groups excluding tert-OH is 1. The third-order valence-electron chi connectivity index (χ3n) is 1.64. The molecule has 1 aromatic heterocycles. The van der Waals surface area contributed by atoms with Gasteiger partial charge in [0.15, 0.2) is 11.0 Å². The highest BCUT2D eigenvalue weighted by Crippen LogP contribution is 2.13. The number of carbonyl (C=O) groups excluding carboxylic acids is 1. The van der Waals surface area contributed by atoms with Crippen molar-refractivity contribution in [2.75, 3.05) is 6.61 Å². The van der Waals surface area contributed by atoms with Crippen LogP contribution in [0.4, 0.5) is 0 Å². The van der Waals surface area contributed by atoms with Gasteiger partial charge in [-0.1, -0.05) is 0 Å². The number of nitrogens with one attached hydrogen (secondary N) is 1. The van der Waals surface area contributed by atoms with Crippen molar-refractivity contribution < 1.29 is 14.3 Å². The standard InChI is InChI=1S/C9H12ClNO3/c1-9(2,5-12)11-8(13)6-3-4-7(10)14-6/h3-4,12H,5H2,1-2H3,(H,11,13). The quantitative estimate of drug-likeness (QED) is 0.805. The lowest BCUT2D eigenvalue weighted by molar-refractivity contribution is 0.0841. The van der Waals surface area contributed by atoms with Crippen LogP contribution in [0.2, 0.25) is 5.22 Å². The van der Waals surface area contributed by atoms with Crippen LogP contribution in [0.5, 0.6) is 0 Å². The van der Waals surface area contributed by atoms with Gasteiger partial charge in [0.2, 0.25) is 0 Å². The summed E-state index contributed by atoms with van der Waals surface area (Å²) in [5.74, 6) is -0.257. The molecule has 0 aromatic carbocycles. The molecule has 1 aromatic rings. The zero-order valence-corrected chi connectivity index (χ0v) is 8.76. The lowest BCUT2D eigenvalue weighted by atomic mass is 10.1.